The largest absolute Gasteiger partial charge is 0.497 e. The van der Waals surface area contributed by atoms with E-state index in [0.717, 1.165) is 5.56 Å². The van der Waals surface area contributed by atoms with Gasteiger partial charge in [0.15, 0.2) is 23.2 Å². The average Bonchev–Trinajstić information content (AvgIpc) is 2.80. The van der Waals surface area contributed by atoms with Crippen molar-refractivity contribution in [1.29, 1.82) is 0 Å². The topological polar surface area (TPSA) is 107 Å². The molecule has 0 aliphatic heterocycles. The Morgan fingerprint density at radius 3 is 2.23 bits per heavy atom. The third kappa shape index (κ3) is 7.86. The molecule has 0 saturated heterocycles. The summed E-state index contributed by atoms with van der Waals surface area (Å²) in [5.41, 5.74) is 5.49. The summed E-state index contributed by atoms with van der Waals surface area (Å²) in [5.74, 6) is 1.36. The van der Waals surface area contributed by atoms with Gasteiger partial charge < -0.3 is 18.9 Å². The lowest BCUT2D eigenvalue weighted by molar-refractivity contribution is -0.123. The van der Waals surface area contributed by atoms with Gasteiger partial charge in [-0.15, -0.1) is 0 Å². The number of carbonyl (C=O) groups excluding carboxylic acids is 2. The third-order valence-corrected chi connectivity index (χ3v) is 4.02. The molecule has 2 aromatic carbocycles. The molecule has 0 aromatic heterocycles. The van der Waals surface area contributed by atoms with Gasteiger partial charge in [-0.3, -0.25) is 25.8 Å². The first kappa shape index (κ1) is 23.5. The zero-order valence-corrected chi connectivity index (χ0v) is 18.1. The van der Waals surface area contributed by atoms with Crippen LogP contribution in [0.15, 0.2) is 48.5 Å². The summed E-state index contributed by atoms with van der Waals surface area (Å²) < 4.78 is 20.8. The summed E-state index contributed by atoms with van der Waals surface area (Å²) in [7, 11) is 4.62. The number of rotatable bonds is 8. The molecule has 0 radical (unpaired) electrons. The second kappa shape index (κ2) is 12.0. The van der Waals surface area contributed by atoms with Gasteiger partial charge in [-0.1, -0.05) is 6.07 Å². The van der Waals surface area contributed by atoms with Crippen molar-refractivity contribution < 1.29 is 28.5 Å². The van der Waals surface area contributed by atoms with Crippen molar-refractivity contribution in [2.45, 2.75) is 0 Å². The van der Waals surface area contributed by atoms with Crippen LogP contribution in [0.4, 0.5) is 0 Å². The van der Waals surface area contributed by atoms with Crippen LogP contribution in [0, 0.1) is 0 Å². The Kier molecular flexibility index (Phi) is 9.12. The van der Waals surface area contributed by atoms with E-state index in [-0.39, 0.29) is 11.7 Å². The lowest BCUT2D eigenvalue weighted by Crippen LogP contribution is -2.49. The molecule has 2 amide bonds. The van der Waals surface area contributed by atoms with Crippen LogP contribution in [0.2, 0.25) is 0 Å². The standard InChI is InChI=1S/C21H23N3O6S/c1-27-15-6-8-16(9-7-15)30-13-20(26)23-24-21(31)22-19(25)11-5-14-4-10-17(28-2)18(12-14)29-3/h4-12H,13H2,1-3H3,(H,23,26)(H2,22,24,25,31). The van der Waals surface area contributed by atoms with Crippen LogP contribution in [0.1, 0.15) is 5.56 Å². The smallest absolute Gasteiger partial charge is 0.276 e. The van der Waals surface area contributed by atoms with Crippen molar-refractivity contribution in [3.05, 3.63) is 54.1 Å². The van der Waals surface area contributed by atoms with E-state index in [4.69, 9.17) is 31.2 Å². The van der Waals surface area contributed by atoms with Crippen molar-refractivity contribution in [2.75, 3.05) is 27.9 Å². The van der Waals surface area contributed by atoms with Crippen molar-refractivity contribution in [2.24, 2.45) is 0 Å². The van der Waals surface area contributed by atoms with E-state index in [2.05, 4.69) is 16.2 Å². The summed E-state index contributed by atoms with van der Waals surface area (Å²) in [6.07, 6.45) is 2.88. The predicted molar refractivity (Wildman–Crippen MR) is 119 cm³/mol. The van der Waals surface area contributed by atoms with Gasteiger partial charge in [-0.2, -0.15) is 0 Å². The summed E-state index contributed by atoms with van der Waals surface area (Å²) in [6, 6.07) is 12.0. The summed E-state index contributed by atoms with van der Waals surface area (Å²) >= 11 is 4.97. The zero-order valence-electron chi connectivity index (χ0n) is 17.3. The van der Waals surface area contributed by atoms with E-state index in [1.165, 1.54) is 13.2 Å². The Morgan fingerprint density at radius 1 is 0.903 bits per heavy atom. The second-order valence-electron chi connectivity index (χ2n) is 5.90. The second-order valence-corrected chi connectivity index (χ2v) is 6.31. The Balaban J connectivity index is 1.74. The van der Waals surface area contributed by atoms with E-state index >= 15 is 0 Å². The first-order chi connectivity index (χ1) is 14.9. The molecular weight excluding hydrogens is 422 g/mol. The van der Waals surface area contributed by atoms with Crippen LogP contribution in [-0.2, 0) is 9.59 Å². The first-order valence-electron chi connectivity index (χ1n) is 9.02. The molecule has 164 valence electrons. The number of hydrazine groups is 1. The Hall–Kier alpha value is -3.79. The quantitative estimate of drug-likeness (QED) is 0.321. The molecule has 10 heteroatoms. The lowest BCUT2D eigenvalue weighted by Gasteiger charge is -2.11. The number of amides is 2. The van der Waals surface area contributed by atoms with Gasteiger partial charge >= 0.3 is 0 Å². The van der Waals surface area contributed by atoms with Crippen LogP contribution in [0.3, 0.4) is 0 Å². The highest BCUT2D eigenvalue weighted by Crippen LogP contribution is 2.27. The molecule has 0 fully saturated rings. The van der Waals surface area contributed by atoms with E-state index in [0.29, 0.717) is 23.0 Å². The van der Waals surface area contributed by atoms with Crippen molar-refractivity contribution in [3.63, 3.8) is 0 Å². The molecule has 0 atom stereocenters. The summed E-state index contributed by atoms with van der Waals surface area (Å²) in [6.45, 7) is -0.241. The first-order valence-corrected chi connectivity index (χ1v) is 9.42. The molecule has 31 heavy (non-hydrogen) atoms. The maximum Gasteiger partial charge on any atom is 0.276 e. The molecule has 3 N–H and O–H groups in total. The molecule has 0 spiro atoms. The fraction of sp³-hybridized carbons (Fsp3) is 0.190. The van der Waals surface area contributed by atoms with Crippen LogP contribution < -0.4 is 35.1 Å². The Bertz CT molecular complexity index is 947. The van der Waals surface area contributed by atoms with Crippen molar-refractivity contribution in [1.82, 2.24) is 16.2 Å². The molecule has 0 bridgehead atoms. The van der Waals surface area contributed by atoms with Gasteiger partial charge in [0.2, 0.25) is 5.91 Å². The number of hydrogen-bond acceptors (Lipinski definition) is 7. The molecular formula is C21H23N3O6S. The lowest BCUT2D eigenvalue weighted by atomic mass is 10.2. The van der Waals surface area contributed by atoms with Gasteiger partial charge in [0.05, 0.1) is 21.3 Å². The maximum atomic E-state index is 12.0. The minimum atomic E-state index is -0.478. The SMILES string of the molecule is COc1ccc(OCC(=O)NNC(=S)NC(=O)C=Cc2ccc(OC)c(OC)c2)cc1. The van der Waals surface area contributed by atoms with E-state index in [1.54, 1.807) is 62.8 Å². The maximum absolute atomic E-state index is 12.0. The number of nitrogens with one attached hydrogen (secondary N) is 3. The average molecular weight is 445 g/mol. The molecule has 0 heterocycles. The molecule has 0 aliphatic carbocycles. The highest BCUT2D eigenvalue weighted by Gasteiger charge is 2.06. The van der Waals surface area contributed by atoms with Crippen LogP contribution in [0.25, 0.3) is 6.08 Å². The number of ether oxygens (including phenoxy) is 4. The zero-order chi connectivity index (χ0) is 22.6. The Morgan fingerprint density at radius 2 is 1.58 bits per heavy atom. The molecule has 0 saturated carbocycles. The number of benzene rings is 2. The van der Waals surface area contributed by atoms with Gasteiger partial charge in [0.1, 0.15) is 11.5 Å². The highest BCUT2D eigenvalue weighted by atomic mass is 32.1. The van der Waals surface area contributed by atoms with Gasteiger partial charge in [-0.25, -0.2) is 0 Å². The third-order valence-electron chi connectivity index (χ3n) is 3.82. The van der Waals surface area contributed by atoms with Crippen LogP contribution in [0.5, 0.6) is 23.0 Å². The van der Waals surface area contributed by atoms with E-state index in [1.807, 2.05) is 0 Å². The molecule has 9 nitrogen and oxygen atoms in total. The van der Waals surface area contributed by atoms with E-state index in [9.17, 15) is 9.59 Å². The Labute approximate surface area is 185 Å². The van der Waals surface area contributed by atoms with E-state index < -0.39 is 11.8 Å². The molecule has 0 aliphatic rings. The highest BCUT2D eigenvalue weighted by molar-refractivity contribution is 7.80. The minimum Gasteiger partial charge on any atom is -0.497 e. The predicted octanol–water partition coefficient (Wildman–Crippen LogP) is 1.83. The monoisotopic (exact) mass is 445 g/mol. The number of thiocarbonyl (C=S) groups is 1. The number of carbonyl (C=O) groups is 2. The number of hydrogen-bond donors (Lipinski definition) is 3. The fourth-order valence-electron chi connectivity index (χ4n) is 2.30. The summed E-state index contributed by atoms with van der Waals surface area (Å²) in [5, 5.41) is 2.34. The van der Waals surface area contributed by atoms with Gasteiger partial charge in [-0.05, 0) is 60.3 Å². The summed E-state index contributed by atoms with van der Waals surface area (Å²) in [4.78, 5) is 23.8. The molecule has 0 unspecified atom stereocenters. The fourth-order valence-corrected chi connectivity index (χ4v) is 2.45. The van der Waals surface area contributed by atoms with Crippen molar-refractivity contribution >= 4 is 35.2 Å². The van der Waals surface area contributed by atoms with Crippen molar-refractivity contribution in [3.8, 4) is 23.0 Å². The molecule has 2 aromatic rings. The van der Waals surface area contributed by atoms with Gasteiger partial charge in [0, 0.05) is 6.08 Å². The minimum absolute atomic E-state index is 0.0697. The van der Waals surface area contributed by atoms with Crippen LogP contribution >= 0.6 is 12.2 Å². The number of methoxy groups -OCH3 is 3. The van der Waals surface area contributed by atoms with Crippen LogP contribution in [-0.4, -0.2) is 44.9 Å². The normalized spacial score (nSPS) is 10.2. The molecule has 2 rings (SSSR count). The van der Waals surface area contributed by atoms with Gasteiger partial charge in [0.25, 0.3) is 5.91 Å².